The molecule has 0 saturated heterocycles. The molecule has 0 amide bonds. The van der Waals surface area contributed by atoms with Crippen molar-refractivity contribution in [3.63, 3.8) is 0 Å². The lowest BCUT2D eigenvalue weighted by Gasteiger charge is -2.10. The lowest BCUT2D eigenvalue weighted by atomic mass is 10.5. The van der Waals surface area contributed by atoms with Crippen LogP contribution in [-0.2, 0) is 0 Å². The van der Waals surface area contributed by atoms with Gasteiger partial charge in [-0.25, -0.2) is 0 Å². The van der Waals surface area contributed by atoms with Crippen LogP contribution in [0.2, 0.25) is 0 Å². The molecule has 0 aromatic rings. The highest BCUT2D eigenvalue weighted by Gasteiger charge is 2.21. The topological polar surface area (TPSA) is 24.1 Å². The van der Waals surface area contributed by atoms with Crippen LogP contribution in [0.25, 0.3) is 0 Å². The van der Waals surface area contributed by atoms with Crippen LogP contribution in [-0.4, -0.2) is 19.3 Å². The third-order valence-corrected chi connectivity index (χ3v) is 1.50. The molecular formula is C6H14N2. The fourth-order valence-electron chi connectivity index (χ4n) is 0.687. The summed E-state index contributed by atoms with van der Waals surface area (Å²) < 4.78 is 0. The number of hydrogen-bond donors (Lipinski definition) is 2. The van der Waals surface area contributed by atoms with Crippen molar-refractivity contribution in [3.05, 3.63) is 0 Å². The Labute approximate surface area is 50.7 Å². The zero-order valence-electron chi connectivity index (χ0n) is 5.57. The van der Waals surface area contributed by atoms with Gasteiger partial charge in [-0.1, -0.05) is 0 Å². The van der Waals surface area contributed by atoms with Crippen molar-refractivity contribution in [1.29, 1.82) is 0 Å². The van der Waals surface area contributed by atoms with E-state index in [9.17, 15) is 0 Å². The third kappa shape index (κ3) is 1.80. The molecule has 2 heteroatoms. The zero-order valence-corrected chi connectivity index (χ0v) is 5.57. The van der Waals surface area contributed by atoms with Crippen LogP contribution in [0, 0.1) is 0 Å². The molecule has 1 aliphatic rings. The first kappa shape index (κ1) is 6.05. The molecule has 1 unspecified atom stereocenters. The Balaban J connectivity index is 1.98. The number of hydrogen-bond acceptors (Lipinski definition) is 2. The van der Waals surface area contributed by atoms with Crippen LogP contribution in [0.4, 0.5) is 0 Å². The van der Waals surface area contributed by atoms with Gasteiger partial charge in [0.25, 0.3) is 0 Å². The molecule has 1 fully saturated rings. The molecule has 48 valence electrons. The monoisotopic (exact) mass is 114 g/mol. The second kappa shape index (κ2) is 2.46. The SMILES string of the molecule is CNC(C)NC1CC1. The Morgan fingerprint density at radius 3 is 2.50 bits per heavy atom. The average molecular weight is 114 g/mol. The Morgan fingerprint density at radius 2 is 2.12 bits per heavy atom. The molecule has 1 atom stereocenters. The van der Waals surface area contributed by atoms with Crippen LogP contribution < -0.4 is 10.6 Å². The molecule has 0 heterocycles. The molecule has 1 aliphatic carbocycles. The minimum absolute atomic E-state index is 0.488. The first-order chi connectivity index (χ1) is 3.83. The number of rotatable bonds is 3. The predicted molar refractivity (Wildman–Crippen MR) is 34.7 cm³/mol. The van der Waals surface area contributed by atoms with Crippen molar-refractivity contribution in [3.8, 4) is 0 Å². The maximum Gasteiger partial charge on any atom is 0.0542 e. The second-order valence-electron chi connectivity index (χ2n) is 2.45. The van der Waals surface area contributed by atoms with Crippen LogP contribution in [0.15, 0.2) is 0 Å². The van der Waals surface area contributed by atoms with E-state index in [2.05, 4.69) is 17.6 Å². The summed E-state index contributed by atoms with van der Waals surface area (Å²) >= 11 is 0. The molecule has 0 spiro atoms. The van der Waals surface area contributed by atoms with Gasteiger partial charge in [0.15, 0.2) is 0 Å². The second-order valence-corrected chi connectivity index (χ2v) is 2.45. The van der Waals surface area contributed by atoms with Crippen molar-refractivity contribution < 1.29 is 0 Å². The van der Waals surface area contributed by atoms with E-state index < -0.39 is 0 Å². The molecule has 0 radical (unpaired) electrons. The summed E-state index contributed by atoms with van der Waals surface area (Å²) in [6.45, 7) is 2.14. The van der Waals surface area contributed by atoms with Gasteiger partial charge in [-0.05, 0) is 26.8 Å². The van der Waals surface area contributed by atoms with Gasteiger partial charge < -0.3 is 5.32 Å². The normalized spacial score (nSPS) is 23.2. The Hall–Kier alpha value is -0.0800. The van der Waals surface area contributed by atoms with Gasteiger partial charge in [0.2, 0.25) is 0 Å². The van der Waals surface area contributed by atoms with Crippen LogP contribution in [0.5, 0.6) is 0 Å². The maximum absolute atomic E-state index is 3.39. The fourth-order valence-corrected chi connectivity index (χ4v) is 0.687. The molecule has 2 nitrogen and oxygen atoms in total. The summed E-state index contributed by atoms with van der Waals surface area (Å²) in [6.07, 6.45) is 3.22. The van der Waals surface area contributed by atoms with Gasteiger partial charge in [0.1, 0.15) is 0 Å². The minimum Gasteiger partial charge on any atom is -0.305 e. The van der Waals surface area contributed by atoms with Crippen molar-refractivity contribution in [2.24, 2.45) is 0 Å². The highest BCUT2D eigenvalue weighted by molar-refractivity contribution is 4.82. The molecule has 1 saturated carbocycles. The average Bonchev–Trinajstić information content (AvgIpc) is 2.50. The van der Waals surface area contributed by atoms with E-state index in [1.165, 1.54) is 12.8 Å². The summed E-state index contributed by atoms with van der Waals surface area (Å²) in [5, 5.41) is 6.52. The van der Waals surface area contributed by atoms with Gasteiger partial charge in [0, 0.05) is 6.04 Å². The minimum atomic E-state index is 0.488. The van der Waals surface area contributed by atoms with Crippen molar-refractivity contribution in [1.82, 2.24) is 10.6 Å². The maximum atomic E-state index is 3.39. The molecule has 0 aromatic carbocycles. The molecule has 0 aliphatic heterocycles. The molecular weight excluding hydrogens is 100 g/mol. The highest BCUT2D eigenvalue weighted by Crippen LogP contribution is 2.18. The van der Waals surface area contributed by atoms with Gasteiger partial charge >= 0.3 is 0 Å². The van der Waals surface area contributed by atoms with Crippen LogP contribution >= 0.6 is 0 Å². The highest BCUT2D eigenvalue weighted by atomic mass is 15.1. The lowest BCUT2D eigenvalue weighted by molar-refractivity contribution is 0.487. The standard InChI is InChI=1S/C6H14N2/c1-5(7-2)8-6-3-4-6/h5-8H,3-4H2,1-2H3. The molecule has 8 heavy (non-hydrogen) atoms. The van der Waals surface area contributed by atoms with E-state index in [-0.39, 0.29) is 0 Å². The van der Waals surface area contributed by atoms with Gasteiger partial charge in [-0.3, -0.25) is 5.32 Å². The van der Waals surface area contributed by atoms with Crippen molar-refractivity contribution >= 4 is 0 Å². The Bertz CT molecular complexity index is 68.9. The van der Waals surface area contributed by atoms with E-state index >= 15 is 0 Å². The molecule has 0 bridgehead atoms. The summed E-state index contributed by atoms with van der Waals surface area (Å²) in [5.41, 5.74) is 0. The zero-order chi connectivity index (χ0) is 5.98. The Kier molecular flexibility index (Phi) is 1.86. The van der Waals surface area contributed by atoms with Gasteiger partial charge in [-0.15, -0.1) is 0 Å². The van der Waals surface area contributed by atoms with E-state index in [0.29, 0.717) is 6.17 Å². The lowest BCUT2D eigenvalue weighted by Crippen LogP contribution is -2.38. The smallest absolute Gasteiger partial charge is 0.0542 e. The summed E-state index contributed by atoms with van der Waals surface area (Å²) in [4.78, 5) is 0. The largest absolute Gasteiger partial charge is 0.305 e. The van der Waals surface area contributed by atoms with Crippen LogP contribution in [0.1, 0.15) is 19.8 Å². The van der Waals surface area contributed by atoms with Crippen molar-refractivity contribution in [2.75, 3.05) is 7.05 Å². The van der Waals surface area contributed by atoms with Crippen molar-refractivity contribution in [2.45, 2.75) is 32.0 Å². The summed E-state index contributed by atoms with van der Waals surface area (Å²) in [5.74, 6) is 0. The van der Waals surface area contributed by atoms with Gasteiger partial charge in [-0.2, -0.15) is 0 Å². The van der Waals surface area contributed by atoms with Crippen LogP contribution in [0.3, 0.4) is 0 Å². The summed E-state index contributed by atoms with van der Waals surface area (Å²) in [6, 6.07) is 0.817. The van der Waals surface area contributed by atoms with Gasteiger partial charge in [0.05, 0.1) is 6.17 Å². The van der Waals surface area contributed by atoms with E-state index in [0.717, 1.165) is 6.04 Å². The fraction of sp³-hybridized carbons (Fsp3) is 1.00. The molecule has 0 aromatic heterocycles. The Morgan fingerprint density at radius 1 is 1.50 bits per heavy atom. The number of nitrogens with one attached hydrogen (secondary N) is 2. The van der Waals surface area contributed by atoms with E-state index in [4.69, 9.17) is 0 Å². The molecule has 2 N–H and O–H groups in total. The molecule has 1 rings (SSSR count). The first-order valence-corrected chi connectivity index (χ1v) is 3.26. The quantitative estimate of drug-likeness (QED) is 0.516. The van der Waals surface area contributed by atoms with E-state index in [1.807, 2.05) is 7.05 Å². The third-order valence-electron chi connectivity index (χ3n) is 1.50. The predicted octanol–water partition coefficient (Wildman–Crippen LogP) is 0.304. The summed E-state index contributed by atoms with van der Waals surface area (Å²) in [7, 11) is 1.97. The first-order valence-electron chi connectivity index (χ1n) is 3.26. The van der Waals surface area contributed by atoms with E-state index in [1.54, 1.807) is 0 Å².